The second kappa shape index (κ2) is 11.4. The maximum Gasteiger partial charge on any atom is 0.401 e. The summed E-state index contributed by atoms with van der Waals surface area (Å²) >= 11 is 0. The third kappa shape index (κ3) is 8.11. The maximum atomic E-state index is 13.0. The smallest absolute Gasteiger partial charge is 0.397 e. The first-order chi connectivity index (χ1) is 16.1. The number of carbonyl (C=O) groups excluding carboxylic acids is 1. The minimum atomic E-state index is -4.18. The van der Waals surface area contributed by atoms with Crippen molar-refractivity contribution in [2.45, 2.75) is 32.5 Å². The second-order valence-electron chi connectivity index (χ2n) is 8.52. The molecule has 2 aromatic carbocycles. The quantitative estimate of drug-likeness (QED) is 0.240. The standard InChI is InChI=1S/C24H29F4N5O/c1-16(32-23(34)19-3-5-20(25)6-4-19)31-22-7-2-18(12-21(22)29)14-33-10-8-17(9-11-33)13-30-15-24(26,27)28/h2-7,12,17,30H,8-11,13-15,29H2,1H3,(H,31,32,34). The maximum absolute atomic E-state index is 13.0. The van der Waals surface area contributed by atoms with Crippen molar-refractivity contribution in [2.75, 3.05) is 31.9 Å². The molecule has 0 bridgehead atoms. The molecule has 6 nitrogen and oxygen atoms in total. The molecule has 10 heteroatoms. The Hall–Kier alpha value is -2.98. The number of benzene rings is 2. The number of rotatable bonds is 7. The molecule has 1 amide bonds. The highest BCUT2D eigenvalue weighted by atomic mass is 19.4. The molecule has 4 N–H and O–H groups in total. The van der Waals surface area contributed by atoms with E-state index in [0.29, 0.717) is 35.9 Å². The predicted octanol–water partition coefficient (Wildman–Crippen LogP) is 4.25. The van der Waals surface area contributed by atoms with Crippen molar-refractivity contribution in [3.8, 4) is 0 Å². The average molecular weight is 480 g/mol. The third-order valence-corrected chi connectivity index (χ3v) is 5.65. The van der Waals surface area contributed by atoms with Gasteiger partial charge in [0.1, 0.15) is 11.7 Å². The van der Waals surface area contributed by atoms with Gasteiger partial charge in [0, 0.05) is 12.1 Å². The summed E-state index contributed by atoms with van der Waals surface area (Å²) in [6.45, 7) is 3.39. The Morgan fingerprint density at radius 3 is 2.44 bits per heavy atom. The van der Waals surface area contributed by atoms with Crippen molar-refractivity contribution >= 4 is 23.1 Å². The summed E-state index contributed by atoms with van der Waals surface area (Å²) in [5, 5.41) is 5.15. The molecule has 1 heterocycles. The van der Waals surface area contributed by atoms with E-state index in [1.54, 1.807) is 13.0 Å². The molecular weight excluding hydrogens is 450 g/mol. The number of nitrogens with zero attached hydrogens (tertiary/aromatic N) is 2. The zero-order valence-corrected chi connectivity index (χ0v) is 19.0. The van der Waals surface area contributed by atoms with E-state index in [2.05, 4.69) is 20.5 Å². The molecule has 1 saturated heterocycles. The van der Waals surface area contributed by atoms with Crippen LogP contribution in [0.3, 0.4) is 0 Å². The van der Waals surface area contributed by atoms with E-state index in [4.69, 9.17) is 5.73 Å². The molecule has 184 valence electrons. The van der Waals surface area contributed by atoms with Crippen molar-refractivity contribution in [1.82, 2.24) is 15.5 Å². The van der Waals surface area contributed by atoms with Crippen LogP contribution in [0.2, 0.25) is 0 Å². The van der Waals surface area contributed by atoms with Gasteiger partial charge < -0.3 is 16.4 Å². The van der Waals surface area contributed by atoms with Crippen LogP contribution in [0.15, 0.2) is 47.5 Å². The molecule has 0 saturated carbocycles. The minimum Gasteiger partial charge on any atom is -0.397 e. The van der Waals surface area contributed by atoms with E-state index >= 15 is 0 Å². The van der Waals surface area contributed by atoms with Crippen LogP contribution in [0.1, 0.15) is 35.7 Å². The number of likely N-dealkylation sites (tertiary alicyclic amines) is 1. The van der Waals surface area contributed by atoms with Crippen molar-refractivity contribution in [2.24, 2.45) is 10.9 Å². The van der Waals surface area contributed by atoms with Crippen LogP contribution in [-0.4, -0.2) is 49.0 Å². The summed E-state index contributed by atoms with van der Waals surface area (Å²) in [5.74, 6) is -0.214. The summed E-state index contributed by atoms with van der Waals surface area (Å²) in [6.07, 6.45) is -2.49. The lowest BCUT2D eigenvalue weighted by Crippen LogP contribution is -2.39. The highest BCUT2D eigenvalue weighted by molar-refractivity contribution is 6.06. The fourth-order valence-electron chi connectivity index (χ4n) is 3.88. The molecule has 34 heavy (non-hydrogen) atoms. The SMILES string of the molecule is CC(=Nc1ccc(CN2CCC(CNCC(F)(F)F)CC2)cc1N)NC(=O)c1ccc(F)cc1. The number of halogens is 4. The highest BCUT2D eigenvalue weighted by Gasteiger charge is 2.27. The summed E-state index contributed by atoms with van der Waals surface area (Å²) in [5.41, 5.74) is 8.49. The van der Waals surface area contributed by atoms with Gasteiger partial charge >= 0.3 is 6.18 Å². The Morgan fingerprint density at radius 1 is 1.15 bits per heavy atom. The van der Waals surface area contributed by atoms with Gasteiger partial charge in [-0.15, -0.1) is 0 Å². The zero-order valence-electron chi connectivity index (χ0n) is 19.0. The van der Waals surface area contributed by atoms with Crippen molar-refractivity contribution in [1.29, 1.82) is 0 Å². The molecular formula is C24H29F4N5O. The Kier molecular flexibility index (Phi) is 8.62. The van der Waals surface area contributed by atoms with E-state index in [1.807, 2.05) is 12.1 Å². The highest BCUT2D eigenvalue weighted by Crippen LogP contribution is 2.25. The summed E-state index contributed by atoms with van der Waals surface area (Å²) in [6, 6.07) is 10.8. The van der Waals surface area contributed by atoms with Gasteiger partial charge in [-0.3, -0.25) is 9.69 Å². The molecule has 1 aliphatic rings. The summed E-state index contributed by atoms with van der Waals surface area (Å²) < 4.78 is 49.8. The van der Waals surface area contributed by atoms with Crippen LogP contribution >= 0.6 is 0 Å². The number of nitrogens with one attached hydrogen (secondary N) is 2. The monoisotopic (exact) mass is 479 g/mol. The Bertz CT molecular complexity index is 999. The van der Waals surface area contributed by atoms with E-state index in [0.717, 1.165) is 31.5 Å². The number of aliphatic imine (C=N–C) groups is 1. The molecule has 0 radical (unpaired) electrons. The van der Waals surface area contributed by atoms with Crippen molar-refractivity contribution in [3.63, 3.8) is 0 Å². The third-order valence-electron chi connectivity index (χ3n) is 5.65. The number of amidine groups is 1. The number of hydrogen-bond donors (Lipinski definition) is 3. The van der Waals surface area contributed by atoms with Gasteiger partial charge in [0.25, 0.3) is 5.91 Å². The number of anilines is 1. The lowest BCUT2D eigenvalue weighted by Gasteiger charge is -2.32. The van der Waals surface area contributed by atoms with Gasteiger partial charge in [-0.05, 0) is 87.3 Å². The largest absolute Gasteiger partial charge is 0.401 e. The molecule has 3 rings (SSSR count). The van der Waals surface area contributed by atoms with Gasteiger partial charge in [0.05, 0.1) is 17.9 Å². The summed E-state index contributed by atoms with van der Waals surface area (Å²) in [7, 11) is 0. The number of carbonyl (C=O) groups is 1. The van der Waals surface area contributed by atoms with Crippen molar-refractivity contribution in [3.05, 3.63) is 59.4 Å². The van der Waals surface area contributed by atoms with Crippen molar-refractivity contribution < 1.29 is 22.4 Å². The fourth-order valence-corrected chi connectivity index (χ4v) is 3.88. The average Bonchev–Trinajstić information content (AvgIpc) is 2.76. The van der Waals surface area contributed by atoms with E-state index < -0.39 is 24.4 Å². The van der Waals surface area contributed by atoms with Crippen LogP contribution in [-0.2, 0) is 6.54 Å². The Morgan fingerprint density at radius 2 is 1.82 bits per heavy atom. The number of amides is 1. The first kappa shape index (κ1) is 25.6. The lowest BCUT2D eigenvalue weighted by atomic mass is 9.96. The molecule has 0 aliphatic carbocycles. The van der Waals surface area contributed by atoms with Gasteiger partial charge in [0.15, 0.2) is 0 Å². The summed E-state index contributed by atoms with van der Waals surface area (Å²) in [4.78, 5) is 18.9. The molecule has 0 atom stereocenters. The number of hydrogen-bond acceptors (Lipinski definition) is 5. The number of nitrogens with two attached hydrogens (primary N) is 1. The predicted molar refractivity (Wildman–Crippen MR) is 124 cm³/mol. The topological polar surface area (TPSA) is 82.8 Å². The van der Waals surface area contributed by atoms with Crippen LogP contribution in [0.25, 0.3) is 0 Å². The Labute approximate surface area is 196 Å². The molecule has 1 aliphatic heterocycles. The lowest BCUT2D eigenvalue weighted by molar-refractivity contribution is -0.125. The number of alkyl halides is 3. The first-order valence-corrected chi connectivity index (χ1v) is 11.1. The van der Waals surface area contributed by atoms with Crippen LogP contribution in [0.5, 0.6) is 0 Å². The zero-order chi connectivity index (χ0) is 24.7. The van der Waals surface area contributed by atoms with E-state index in [-0.39, 0.29) is 5.92 Å². The molecule has 0 aromatic heterocycles. The van der Waals surface area contributed by atoms with E-state index in [9.17, 15) is 22.4 Å². The normalized spacial score (nSPS) is 16.0. The Balaban J connectivity index is 1.49. The van der Waals surface area contributed by atoms with Gasteiger partial charge in [0.2, 0.25) is 0 Å². The van der Waals surface area contributed by atoms with Crippen LogP contribution in [0, 0.1) is 11.7 Å². The minimum absolute atomic E-state index is 0.244. The second-order valence-corrected chi connectivity index (χ2v) is 8.52. The van der Waals surface area contributed by atoms with E-state index in [1.165, 1.54) is 24.3 Å². The van der Waals surface area contributed by atoms with Gasteiger partial charge in [-0.2, -0.15) is 13.2 Å². The fraction of sp³-hybridized carbons (Fsp3) is 0.417. The number of piperidine rings is 1. The van der Waals surface area contributed by atoms with Crippen LogP contribution in [0.4, 0.5) is 28.9 Å². The molecule has 2 aromatic rings. The first-order valence-electron chi connectivity index (χ1n) is 11.1. The molecule has 1 fully saturated rings. The molecule has 0 unspecified atom stereocenters. The number of nitrogen functional groups attached to an aromatic ring is 1. The van der Waals surface area contributed by atoms with Gasteiger partial charge in [-0.25, -0.2) is 9.38 Å². The molecule has 0 spiro atoms. The van der Waals surface area contributed by atoms with Crippen LogP contribution < -0.4 is 16.4 Å². The van der Waals surface area contributed by atoms with Gasteiger partial charge in [-0.1, -0.05) is 6.07 Å².